The summed E-state index contributed by atoms with van der Waals surface area (Å²) in [5.74, 6) is -1.05. The van der Waals surface area contributed by atoms with E-state index in [-0.39, 0.29) is 23.6 Å². The van der Waals surface area contributed by atoms with E-state index in [1.165, 1.54) is 16.8 Å². The fourth-order valence-corrected chi connectivity index (χ4v) is 2.36. The maximum atomic E-state index is 13.6. The fourth-order valence-electron chi connectivity index (χ4n) is 2.36. The topological polar surface area (TPSA) is 72.1 Å². The first-order chi connectivity index (χ1) is 10.3. The van der Waals surface area contributed by atoms with Gasteiger partial charge in [-0.25, -0.2) is 4.39 Å². The third kappa shape index (κ3) is 2.98. The van der Waals surface area contributed by atoms with Crippen LogP contribution >= 0.6 is 0 Å². The van der Waals surface area contributed by atoms with Crippen molar-refractivity contribution in [3.63, 3.8) is 0 Å². The minimum atomic E-state index is -0.562. The highest BCUT2D eigenvalue weighted by atomic mass is 19.1. The Morgan fingerprint density at radius 3 is 2.73 bits per heavy atom. The molecule has 0 radical (unpaired) electrons. The van der Waals surface area contributed by atoms with Crippen LogP contribution in [-0.2, 0) is 16.1 Å². The van der Waals surface area contributed by atoms with Crippen LogP contribution < -0.4 is 5.43 Å². The molecule has 0 amide bonds. The van der Waals surface area contributed by atoms with Crippen molar-refractivity contribution < 1.29 is 13.9 Å². The van der Waals surface area contributed by atoms with E-state index in [2.05, 4.69) is 0 Å². The van der Waals surface area contributed by atoms with E-state index in [1.807, 2.05) is 0 Å². The zero-order valence-electron chi connectivity index (χ0n) is 12.5. The van der Waals surface area contributed by atoms with E-state index in [0.717, 1.165) is 6.07 Å². The number of halogens is 1. The fraction of sp³-hybridized carbons (Fsp3) is 0.312. The first-order valence-electron chi connectivity index (χ1n) is 6.76. The summed E-state index contributed by atoms with van der Waals surface area (Å²) < 4.78 is 20.1. The minimum absolute atomic E-state index is 0.0777. The third-order valence-corrected chi connectivity index (χ3v) is 3.11. The summed E-state index contributed by atoms with van der Waals surface area (Å²) in [6.45, 7) is 4.93. The molecule has 22 heavy (non-hydrogen) atoms. The van der Waals surface area contributed by atoms with Crippen molar-refractivity contribution in [2.75, 3.05) is 0 Å². The van der Waals surface area contributed by atoms with Crippen LogP contribution in [0.1, 0.15) is 25.0 Å². The normalized spacial score (nSPS) is 10.7. The van der Waals surface area contributed by atoms with Gasteiger partial charge in [0.05, 0.1) is 17.0 Å². The Morgan fingerprint density at radius 2 is 2.14 bits per heavy atom. The summed E-state index contributed by atoms with van der Waals surface area (Å²) in [7, 11) is 0. The molecule has 0 bridgehead atoms. The number of esters is 1. The van der Waals surface area contributed by atoms with Crippen LogP contribution in [-0.4, -0.2) is 16.6 Å². The van der Waals surface area contributed by atoms with Gasteiger partial charge in [-0.15, -0.1) is 0 Å². The van der Waals surface area contributed by atoms with Gasteiger partial charge in [-0.05, 0) is 38.5 Å². The maximum Gasteiger partial charge on any atom is 0.326 e. The molecule has 0 N–H and O–H groups in total. The Labute approximate surface area is 126 Å². The van der Waals surface area contributed by atoms with Gasteiger partial charge in [0.25, 0.3) is 0 Å². The summed E-state index contributed by atoms with van der Waals surface area (Å²) in [5.41, 5.74) is 0.239. The second-order valence-corrected chi connectivity index (χ2v) is 5.27. The lowest BCUT2D eigenvalue weighted by molar-refractivity contribution is -0.148. The predicted molar refractivity (Wildman–Crippen MR) is 78.8 cm³/mol. The SMILES string of the molecule is Cc1cc(F)cc2c(=O)c(C#N)cn(CC(=O)OC(C)C)c12. The number of benzene rings is 1. The monoisotopic (exact) mass is 302 g/mol. The van der Waals surface area contributed by atoms with Gasteiger partial charge in [0.1, 0.15) is 24.0 Å². The smallest absolute Gasteiger partial charge is 0.326 e. The molecule has 0 aliphatic rings. The number of carbonyl (C=O) groups is 1. The molecule has 2 aromatic rings. The highest BCUT2D eigenvalue weighted by Gasteiger charge is 2.15. The molecule has 1 heterocycles. The van der Waals surface area contributed by atoms with Gasteiger partial charge in [-0.2, -0.15) is 5.26 Å². The first kappa shape index (κ1) is 15.7. The van der Waals surface area contributed by atoms with E-state index in [0.29, 0.717) is 11.1 Å². The van der Waals surface area contributed by atoms with E-state index >= 15 is 0 Å². The second kappa shape index (κ2) is 5.98. The number of carbonyl (C=O) groups excluding carboxylic acids is 1. The van der Waals surface area contributed by atoms with Crippen molar-refractivity contribution in [2.45, 2.75) is 33.4 Å². The molecule has 1 aromatic heterocycles. The van der Waals surface area contributed by atoms with Crippen molar-refractivity contribution in [3.8, 4) is 6.07 Å². The number of ether oxygens (including phenoxy) is 1. The number of pyridine rings is 1. The Morgan fingerprint density at radius 1 is 1.45 bits per heavy atom. The van der Waals surface area contributed by atoms with Crippen LogP contribution in [0.15, 0.2) is 23.1 Å². The second-order valence-electron chi connectivity index (χ2n) is 5.27. The van der Waals surface area contributed by atoms with Gasteiger partial charge in [-0.3, -0.25) is 9.59 Å². The Balaban J connectivity index is 2.68. The van der Waals surface area contributed by atoms with Gasteiger partial charge in [0.15, 0.2) is 0 Å². The van der Waals surface area contributed by atoms with E-state index in [4.69, 9.17) is 10.00 Å². The zero-order chi connectivity index (χ0) is 16.4. The molecule has 0 aliphatic heterocycles. The number of fused-ring (bicyclic) bond motifs is 1. The van der Waals surface area contributed by atoms with Crippen molar-refractivity contribution in [3.05, 3.63) is 45.5 Å². The summed E-state index contributed by atoms with van der Waals surface area (Å²) in [5, 5.41) is 9.12. The molecule has 1 aromatic carbocycles. The van der Waals surface area contributed by atoms with E-state index < -0.39 is 17.2 Å². The lowest BCUT2D eigenvalue weighted by Gasteiger charge is -2.14. The van der Waals surface area contributed by atoms with Crippen LogP contribution in [0.25, 0.3) is 10.9 Å². The largest absolute Gasteiger partial charge is 0.462 e. The number of hydrogen-bond acceptors (Lipinski definition) is 4. The van der Waals surface area contributed by atoms with Gasteiger partial charge in [0.2, 0.25) is 5.43 Å². The quantitative estimate of drug-likeness (QED) is 0.815. The lowest BCUT2D eigenvalue weighted by Crippen LogP contribution is -2.21. The number of aryl methyl sites for hydroxylation is 1. The maximum absolute atomic E-state index is 13.6. The molecule has 0 saturated heterocycles. The standard InChI is InChI=1S/C16H15FN2O3/c1-9(2)22-14(20)8-19-7-11(6-18)16(21)13-5-12(17)4-10(3)15(13)19/h4-5,7,9H,8H2,1-3H3. The van der Waals surface area contributed by atoms with Gasteiger partial charge < -0.3 is 9.30 Å². The van der Waals surface area contributed by atoms with Gasteiger partial charge in [0, 0.05) is 6.20 Å². The van der Waals surface area contributed by atoms with Crippen molar-refractivity contribution in [2.24, 2.45) is 0 Å². The van der Waals surface area contributed by atoms with E-state index in [1.54, 1.807) is 26.8 Å². The lowest BCUT2D eigenvalue weighted by atomic mass is 10.1. The van der Waals surface area contributed by atoms with Crippen molar-refractivity contribution in [1.29, 1.82) is 5.26 Å². The van der Waals surface area contributed by atoms with Crippen LogP contribution in [0.3, 0.4) is 0 Å². The highest BCUT2D eigenvalue weighted by molar-refractivity contribution is 5.84. The average molecular weight is 302 g/mol. The number of nitrogens with zero attached hydrogens (tertiary/aromatic N) is 2. The Kier molecular flexibility index (Phi) is 4.27. The average Bonchev–Trinajstić information content (AvgIpc) is 2.40. The summed E-state index contributed by atoms with van der Waals surface area (Å²) in [4.78, 5) is 24.0. The van der Waals surface area contributed by atoms with Crippen LogP contribution in [0.4, 0.5) is 4.39 Å². The highest BCUT2D eigenvalue weighted by Crippen LogP contribution is 2.19. The molecule has 2 rings (SSSR count). The third-order valence-electron chi connectivity index (χ3n) is 3.11. The van der Waals surface area contributed by atoms with Crippen LogP contribution in [0.5, 0.6) is 0 Å². The molecule has 6 heteroatoms. The molecule has 0 aliphatic carbocycles. The van der Waals surface area contributed by atoms with Crippen molar-refractivity contribution >= 4 is 16.9 Å². The molecular weight excluding hydrogens is 287 g/mol. The molecule has 5 nitrogen and oxygen atoms in total. The van der Waals surface area contributed by atoms with Gasteiger partial charge in [-0.1, -0.05) is 0 Å². The minimum Gasteiger partial charge on any atom is -0.462 e. The Hall–Kier alpha value is -2.68. The summed E-state index contributed by atoms with van der Waals surface area (Å²) in [6, 6.07) is 4.13. The number of rotatable bonds is 3. The van der Waals surface area contributed by atoms with Gasteiger partial charge >= 0.3 is 5.97 Å². The molecule has 0 spiro atoms. The molecule has 0 fully saturated rings. The molecule has 0 atom stereocenters. The first-order valence-corrected chi connectivity index (χ1v) is 6.76. The van der Waals surface area contributed by atoms with Crippen LogP contribution in [0.2, 0.25) is 0 Å². The van der Waals surface area contributed by atoms with E-state index in [9.17, 15) is 14.0 Å². The summed E-state index contributed by atoms with van der Waals surface area (Å²) >= 11 is 0. The summed E-state index contributed by atoms with van der Waals surface area (Å²) in [6.07, 6.45) is 1.03. The number of aromatic nitrogens is 1. The number of hydrogen-bond donors (Lipinski definition) is 0. The molecule has 0 unspecified atom stereocenters. The molecular formula is C16H15FN2O3. The zero-order valence-corrected chi connectivity index (χ0v) is 12.5. The predicted octanol–water partition coefficient (Wildman–Crippen LogP) is 2.27. The number of nitriles is 1. The van der Waals surface area contributed by atoms with Crippen molar-refractivity contribution in [1.82, 2.24) is 4.57 Å². The van der Waals surface area contributed by atoms with Crippen LogP contribution in [0, 0.1) is 24.1 Å². The Bertz CT molecular complexity index is 847. The molecule has 114 valence electrons. The molecule has 0 saturated carbocycles.